The van der Waals surface area contributed by atoms with E-state index in [0.717, 1.165) is 5.92 Å². The first-order chi connectivity index (χ1) is 14.2. The van der Waals surface area contributed by atoms with Gasteiger partial charge in [0.25, 0.3) is 0 Å². The van der Waals surface area contributed by atoms with Gasteiger partial charge in [-0.05, 0) is 34.5 Å². The van der Waals surface area contributed by atoms with E-state index in [2.05, 4.69) is 75.5 Å². The minimum Gasteiger partial charge on any atom is -0.171 e. The highest BCUT2D eigenvalue weighted by Gasteiger charge is 2.43. The standard InChI is InChI=1S/C7H13F3.C7H11F3.C7H16.C7H14/c2*1-5(6(2,3)4)7(8,9)10;2*1-6(2)7(3,4)5/h5H,1-4H3;1H2,2-4H3;6H,1-5H3;1H2,2-5H3. The number of alkyl halides is 6. The fourth-order valence-electron chi connectivity index (χ4n) is 0.916. The molecule has 0 spiro atoms. The Bertz CT molecular complexity index is 547. The zero-order valence-corrected chi connectivity index (χ0v) is 24.8. The smallest absolute Gasteiger partial charge is 0.171 e. The number of hydrogen-bond acceptors (Lipinski definition) is 0. The van der Waals surface area contributed by atoms with Gasteiger partial charge in [-0.25, -0.2) is 0 Å². The SMILES string of the molecule is C=C(C(C)(C)C)C(F)(F)F.C=C(C)C(C)(C)C.CC(C(C)(C)C)C(F)(F)F.CC(C)C(C)(C)C. The zero-order chi connectivity index (χ0) is 29.3. The third-order valence-electron chi connectivity index (χ3n) is 6.05. The molecule has 0 amide bonds. The molecule has 0 aromatic rings. The molecule has 0 radical (unpaired) electrons. The first-order valence-corrected chi connectivity index (χ1v) is 11.7. The maximum Gasteiger partial charge on any atom is 0.412 e. The number of hydrogen-bond donors (Lipinski definition) is 0. The fraction of sp³-hybridized carbons (Fsp3) is 0.857. The molecule has 0 rings (SSSR count). The Morgan fingerprint density at radius 3 is 0.794 bits per heavy atom. The molecule has 0 bridgehead atoms. The highest BCUT2D eigenvalue weighted by Crippen LogP contribution is 2.39. The van der Waals surface area contributed by atoms with Crippen molar-refractivity contribution in [1.29, 1.82) is 0 Å². The third kappa shape index (κ3) is 22.8. The Morgan fingerprint density at radius 1 is 0.559 bits per heavy atom. The van der Waals surface area contributed by atoms with Crippen LogP contribution in [0.2, 0.25) is 0 Å². The van der Waals surface area contributed by atoms with Gasteiger partial charge in [-0.15, -0.1) is 0 Å². The van der Waals surface area contributed by atoms with Gasteiger partial charge in [0, 0.05) is 5.57 Å². The van der Waals surface area contributed by atoms with Crippen molar-refractivity contribution in [1.82, 2.24) is 0 Å². The van der Waals surface area contributed by atoms with E-state index < -0.39 is 34.7 Å². The van der Waals surface area contributed by atoms with Crippen LogP contribution in [0.4, 0.5) is 26.3 Å². The first-order valence-electron chi connectivity index (χ1n) is 11.7. The summed E-state index contributed by atoms with van der Waals surface area (Å²) >= 11 is 0. The molecule has 0 heterocycles. The van der Waals surface area contributed by atoms with E-state index in [9.17, 15) is 26.3 Å². The summed E-state index contributed by atoms with van der Waals surface area (Å²) in [6.45, 7) is 37.1. The van der Waals surface area contributed by atoms with Gasteiger partial charge in [-0.3, -0.25) is 0 Å². The van der Waals surface area contributed by atoms with Crippen LogP contribution in [-0.2, 0) is 0 Å². The van der Waals surface area contributed by atoms with Crippen molar-refractivity contribution in [2.45, 2.75) is 123 Å². The molecule has 34 heavy (non-hydrogen) atoms. The Kier molecular flexibility index (Phi) is 16.5. The molecule has 208 valence electrons. The van der Waals surface area contributed by atoms with Crippen LogP contribution in [0.5, 0.6) is 0 Å². The molecule has 1 atom stereocenters. The minimum atomic E-state index is -4.25. The summed E-state index contributed by atoms with van der Waals surface area (Å²) in [6, 6.07) is 0. The van der Waals surface area contributed by atoms with Crippen molar-refractivity contribution in [3.63, 3.8) is 0 Å². The number of rotatable bonds is 0. The van der Waals surface area contributed by atoms with E-state index in [0.29, 0.717) is 10.8 Å². The maximum atomic E-state index is 11.9. The lowest BCUT2D eigenvalue weighted by atomic mass is 9.82. The minimum absolute atomic E-state index is 0.306. The van der Waals surface area contributed by atoms with Crippen molar-refractivity contribution in [3.05, 3.63) is 24.3 Å². The van der Waals surface area contributed by atoms with Crippen molar-refractivity contribution in [3.8, 4) is 0 Å². The Hall–Kier alpha value is -0.940. The van der Waals surface area contributed by atoms with Gasteiger partial charge in [0.15, 0.2) is 0 Å². The lowest BCUT2D eigenvalue weighted by Crippen LogP contribution is -2.31. The maximum absolute atomic E-state index is 11.9. The van der Waals surface area contributed by atoms with Crippen LogP contribution in [0, 0.1) is 33.5 Å². The zero-order valence-electron chi connectivity index (χ0n) is 24.8. The van der Waals surface area contributed by atoms with Crippen molar-refractivity contribution < 1.29 is 26.3 Å². The van der Waals surface area contributed by atoms with Gasteiger partial charge in [0.2, 0.25) is 0 Å². The predicted molar refractivity (Wildman–Crippen MR) is 138 cm³/mol. The fourth-order valence-corrected chi connectivity index (χ4v) is 0.916. The Balaban J connectivity index is -0.000000179. The van der Waals surface area contributed by atoms with Gasteiger partial charge < -0.3 is 0 Å². The van der Waals surface area contributed by atoms with Crippen LogP contribution in [0.15, 0.2) is 24.3 Å². The Labute approximate surface area is 207 Å². The topological polar surface area (TPSA) is 0 Å². The quantitative estimate of drug-likeness (QED) is 0.227. The molecule has 0 aromatic heterocycles. The second-order valence-electron chi connectivity index (χ2n) is 13.4. The van der Waals surface area contributed by atoms with Crippen LogP contribution in [0.3, 0.4) is 0 Å². The van der Waals surface area contributed by atoms with Crippen molar-refractivity contribution in [2.24, 2.45) is 33.5 Å². The predicted octanol–water partition coefficient (Wildman–Crippen LogP) is 11.7. The van der Waals surface area contributed by atoms with Crippen LogP contribution in [0.25, 0.3) is 0 Å². The van der Waals surface area contributed by atoms with Crippen LogP contribution < -0.4 is 0 Å². The van der Waals surface area contributed by atoms with Gasteiger partial charge in [0.1, 0.15) is 0 Å². The molecule has 0 nitrogen and oxygen atoms in total. The van der Waals surface area contributed by atoms with E-state index in [1.807, 2.05) is 0 Å². The molecule has 0 aromatic carbocycles. The van der Waals surface area contributed by atoms with Gasteiger partial charge >= 0.3 is 12.4 Å². The Morgan fingerprint density at radius 2 is 0.794 bits per heavy atom. The molecule has 0 aliphatic rings. The summed E-state index contributed by atoms with van der Waals surface area (Å²) < 4.78 is 71.4. The average molecular weight is 505 g/mol. The highest BCUT2D eigenvalue weighted by molar-refractivity contribution is 5.11. The van der Waals surface area contributed by atoms with Crippen molar-refractivity contribution in [2.75, 3.05) is 0 Å². The van der Waals surface area contributed by atoms with Crippen LogP contribution in [0.1, 0.15) is 111 Å². The summed E-state index contributed by atoms with van der Waals surface area (Å²) in [5.74, 6) is -0.438. The second kappa shape index (κ2) is 14.0. The molecule has 0 saturated heterocycles. The van der Waals surface area contributed by atoms with E-state index in [-0.39, 0.29) is 0 Å². The van der Waals surface area contributed by atoms with E-state index in [4.69, 9.17) is 0 Å². The molecule has 0 fully saturated rings. The molecule has 0 aliphatic carbocycles. The van der Waals surface area contributed by atoms with Gasteiger partial charge in [-0.1, -0.05) is 123 Å². The van der Waals surface area contributed by atoms with Gasteiger partial charge in [0.05, 0.1) is 5.92 Å². The molecule has 0 saturated carbocycles. The van der Waals surface area contributed by atoms with Crippen LogP contribution in [-0.4, -0.2) is 12.4 Å². The summed E-state index contributed by atoms with van der Waals surface area (Å²) in [5, 5.41) is 0. The third-order valence-corrected chi connectivity index (χ3v) is 6.05. The molecule has 1 unspecified atom stereocenters. The van der Waals surface area contributed by atoms with Crippen molar-refractivity contribution >= 4 is 0 Å². The summed E-state index contributed by atoms with van der Waals surface area (Å²) in [5.41, 5.74) is -0.191. The number of halogens is 6. The van der Waals surface area contributed by atoms with Crippen LogP contribution >= 0.6 is 0 Å². The summed E-state index contributed by atoms with van der Waals surface area (Å²) in [7, 11) is 0. The van der Waals surface area contributed by atoms with E-state index in [1.165, 1.54) is 33.3 Å². The normalized spacial score (nSPS) is 14.0. The molecule has 0 N–H and O–H groups in total. The molecular formula is C28H54F6. The molecular weight excluding hydrogens is 450 g/mol. The van der Waals surface area contributed by atoms with Gasteiger partial charge in [-0.2, -0.15) is 26.3 Å². The highest BCUT2D eigenvalue weighted by atomic mass is 19.4. The molecule has 6 heteroatoms. The lowest BCUT2D eigenvalue weighted by Gasteiger charge is -2.28. The second-order valence-corrected chi connectivity index (χ2v) is 13.4. The number of allylic oxidation sites excluding steroid dienone is 2. The average Bonchev–Trinajstić information content (AvgIpc) is 2.49. The first kappa shape index (κ1) is 40.2. The van der Waals surface area contributed by atoms with E-state index in [1.54, 1.807) is 20.8 Å². The monoisotopic (exact) mass is 504 g/mol. The summed E-state index contributed by atoms with van der Waals surface area (Å²) in [6.07, 6.45) is -8.31. The lowest BCUT2D eigenvalue weighted by molar-refractivity contribution is -0.194. The van der Waals surface area contributed by atoms with E-state index >= 15 is 0 Å². The molecule has 0 aliphatic heterocycles. The largest absolute Gasteiger partial charge is 0.412 e. The summed E-state index contributed by atoms with van der Waals surface area (Å²) in [4.78, 5) is 0.